The van der Waals surface area contributed by atoms with Crippen LogP contribution in [0.1, 0.15) is 28.1 Å². The Kier molecular flexibility index (Phi) is 4.47. The summed E-state index contributed by atoms with van der Waals surface area (Å²) in [6, 6.07) is 12.1. The lowest BCUT2D eigenvalue weighted by Crippen LogP contribution is -2.04. The van der Waals surface area contributed by atoms with Crippen molar-refractivity contribution >= 4 is 0 Å². The van der Waals surface area contributed by atoms with Crippen LogP contribution in [-0.4, -0.2) is 9.78 Å². The smallest absolute Gasteiger partial charge is 0.149 e. The Balaban J connectivity index is 1.82. The molecule has 24 heavy (non-hydrogen) atoms. The summed E-state index contributed by atoms with van der Waals surface area (Å²) in [5.41, 5.74) is 4.65. The Morgan fingerprint density at radius 3 is 2.33 bits per heavy atom. The first-order chi connectivity index (χ1) is 11.5. The predicted octanol–water partition coefficient (Wildman–Crippen LogP) is 4.86. The fourth-order valence-corrected chi connectivity index (χ4v) is 3.00. The second kappa shape index (κ2) is 6.56. The molecular weight excluding hydrogens is 306 g/mol. The van der Waals surface area contributed by atoms with E-state index < -0.39 is 0 Å². The molecule has 4 heteroatoms. The van der Waals surface area contributed by atoms with Gasteiger partial charge in [0.15, 0.2) is 0 Å². The van der Waals surface area contributed by atoms with Gasteiger partial charge >= 0.3 is 0 Å². The number of rotatable bonds is 4. The minimum atomic E-state index is -0.316. The van der Waals surface area contributed by atoms with Crippen LogP contribution in [0.15, 0.2) is 42.5 Å². The average Bonchev–Trinajstić information content (AvgIpc) is 2.85. The first-order valence-electron chi connectivity index (χ1n) is 8.02. The molecule has 0 amide bonds. The summed E-state index contributed by atoms with van der Waals surface area (Å²) in [5.74, 6) is -0.515. The maximum atomic E-state index is 14.5. The molecule has 0 saturated carbocycles. The van der Waals surface area contributed by atoms with E-state index in [1.54, 1.807) is 16.8 Å². The van der Waals surface area contributed by atoms with E-state index >= 15 is 0 Å². The summed E-state index contributed by atoms with van der Waals surface area (Å²) in [5, 5.41) is 4.31. The number of aromatic nitrogens is 2. The van der Waals surface area contributed by atoms with Gasteiger partial charge in [-0.15, -0.1) is 0 Å². The Bertz CT molecular complexity index is 861. The molecule has 0 saturated heterocycles. The average molecular weight is 326 g/mol. The number of halogens is 2. The van der Waals surface area contributed by atoms with Crippen LogP contribution in [0.5, 0.6) is 0 Å². The van der Waals surface area contributed by atoms with Crippen LogP contribution >= 0.6 is 0 Å². The number of hydrogen-bond donors (Lipinski definition) is 0. The molecule has 2 aromatic carbocycles. The second-order valence-corrected chi connectivity index (χ2v) is 6.16. The van der Waals surface area contributed by atoms with Crippen molar-refractivity contribution in [2.45, 2.75) is 33.6 Å². The highest BCUT2D eigenvalue weighted by atomic mass is 19.1. The number of nitrogens with zero attached hydrogens (tertiary/aromatic N) is 2. The van der Waals surface area contributed by atoms with Crippen molar-refractivity contribution in [1.82, 2.24) is 9.78 Å². The van der Waals surface area contributed by atoms with Gasteiger partial charge in [-0.05, 0) is 74.6 Å². The van der Waals surface area contributed by atoms with Crippen molar-refractivity contribution < 1.29 is 8.78 Å². The van der Waals surface area contributed by atoms with Crippen molar-refractivity contribution in [3.8, 4) is 5.69 Å². The van der Waals surface area contributed by atoms with E-state index in [2.05, 4.69) is 5.10 Å². The number of benzene rings is 2. The van der Waals surface area contributed by atoms with E-state index in [1.807, 2.05) is 39.0 Å². The first-order valence-corrected chi connectivity index (χ1v) is 8.02. The molecule has 1 aromatic heterocycles. The highest BCUT2D eigenvalue weighted by molar-refractivity contribution is 5.38. The quantitative estimate of drug-likeness (QED) is 0.669. The Morgan fingerprint density at radius 1 is 0.917 bits per heavy atom. The minimum Gasteiger partial charge on any atom is -0.235 e. The van der Waals surface area contributed by atoms with Crippen molar-refractivity contribution in [1.29, 1.82) is 0 Å². The second-order valence-electron chi connectivity index (χ2n) is 6.16. The van der Waals surface area contributed by atoms with Crippen molar-refractivity contribution in [2.75, 3.05) is 0 Å². The molecule has 0 aliphatic rings. The van der Waals surface area contributed by atoms with Crippen LogP contribution < -0.4 is 0 Å². The Hall–Kier alpha value is -2.49. The van der Waals surface area contributed by atoms with Gasteiger partial charge in [0.1, 0.15) is 17.3 Å². The molecule has 0 radical (unpaired) electrons. The molecule has 0 atom stereocenters. The molecular formula is C20H20F2N2. The molecule has 0 aliphatic heterocycles. The first kappa shape index (κ1) is 16.4. The number of aryl methyl sites for hydroxylation is 4. The van der Waals surface area contributed by atoms with Gasteiger partial charge in [-0.2, -0.15) is 5.10 Å². The summed E-state index contributed by atoms with van der Waals surface area (Å²) >= 11 is 0. The lowest BCUT2D eigenvalue weighted by molar-refractivity contribution is 0.601. The number of hydrogen-bond acceptors (Lipinski definition) is 1. The fourth-order valence-electron chi connectivity index (χ4n) is 3.00. The summed E-state index contributed by atoms with van der Waals surface area (Å²) in [4.78, 5) is 0. The standard InChI is InChI=1S/C20H20F2N2/c1-13-5-4-6-18(21)17(13)9-7-16-8-10-20(19(22)12-16)24-15(3)11-14(2)23-24/h4-6,8,10-12H,7,9H2,1-3H3. The predicted molar refractivity (Wildman–Crippen MR) is 91.5 cm³/mol. The van der Waals surface area contributed by atoms with E-state index in [4.69, 9.17) is 0 Å². The SMILES string of the molecule is Cc1cc(C)n(-c2ccc(CCc3c(C)cccc3F)cc2F)n1. The van der Waals surface area contributed by atoms with E-state index in [-0.39, 0.29) is 11.6 Å². The van der Waals surface area contributed by atoms with Crippen LogP contribution in [-0.2, 0) is 12.8 Å². The third-order valence-electron chi connectivity index (χ3n) is 4.27. The topological polar surface area (TPSA) is 17.8 Å². The molecule has 3 rings (SSSR count). The van der Waals surface area contributed by atoms with Gasteiger partial charge in [-0.25, -0.2) is 13.5 Å². The minimum absolute atomic E-state index is 0.199. The van der Waals surface area contributed by atoms with Crippen molar-refractivity contribution in [2.24, 2.45) is 0 Å². The zero-order chi connectivity index (χ0) is 17.3. The highest BCUT2D eigenvalue weighted by Crippen LogP contribution is 2.20. The molecule has 0 aliphatic carbocycles. The third kappa shape index (κ3) is 3.23. The van der Waals surface area contributed by atoms with E-state index in [0.29, 0.717) is 24.1 Å². The molecule has 0 spiro atoms. The van der Waals surface area contributed by atoms with E-state index in [0.717, 1.165) is 22.5 Å². The maximum absolute atomic E-state index is 14.5. The van der Waals surface area contributed by atoms with Gasteiger partial charge in [0.2, 0.25) is 0 Å². The van der Waals surface area contributed by atoms with E-state index in [9.17, 15) is 8.78 Å². The fraction of sp³-hybridized carbons (Fsp3) is 0.250. The largest absolute Gasteiger partial charge is 0.235 e. The van der Waals surface area contributed by atoms with Crippen LogP contribution in [0.4, 0.5) is 8.78 Å². The van der Waals surface area contributed by atoms with Gasteiger partial charge in [0, 0.05) is 5.69 Å². The molecule has 124 valence electrons. The monoisotopic (exact) mass is 326 g/mol. The summed E-state index contributed by atoms with van der Waals surface area (Å²) in [6.45, 7) is 5.67. The van der Waals surface area contributed by atoms with Gasteiger partial charge in [-0.1, -0.05) is 18.2 Å². The van der Waals surface area contributed by atoms with Crippen LogP contribution in [0.25, 0.3) is 5.69 Å². The van der Waals surface area contributed by atoms with Crippen LogP contribution in [0, 0.1) is 32.4 Å². The third-order valence-corrected chi connectivity index (χ3v) is 4.27. The zero-order valence-electron chi connectivity index (χ0n) is 14.1. The van der Waals surface area contributed by atoms with E-state index in [1.165, 1.54) is 12.1 Å². The highest BCUT2D eigenvalue weighted by Gasteiger charge is 2.11. The van der Waals surface area contributed by atoms with Crippen LogP contribution in [0.3, 0.4) is 0 Å². The summed E-state index contributed by atoms with van der Waals surface area (Å²) < 4.78 is 30.0. The Morgan fingerprint density at radius 2 is 1.71 bits per heavy atom. The van der Waals surface area contributed by atoms with Crippen molar-refractivity contribution in [3.05, 3.63) is 82.2 Å². The summed E-state index contributed by atoms with van der Waals surface area (Å²) in [7, 11) is 0. The lowest BCUT2D eigenvalue weighted by Gasteiger charge is -2.10. The lowest BCUT2D eigenvalue weighted by atomic mass is 10.00. The maximum Gasteiger partial charge on any atom is 0.149 e. The van der Waals surface area contributed by atoms with Gasteiger partial charge in [-0.3, -0.25) is 0 Å². The molecule has 0 N–H and O–H groups in total. The zero-order valence-corrected chi connectivity index (χ0v) is 14.1. The molecule has 2 nitrogen and oxygen atoms in total. The van der Waals surface area contributed by atoms with Gasteiger partial charge in [0.05, 0.1) is 5.69 Å². The van der Waals surface area contributed by atoms with Crippen LogP contribution in [0.2, 0.25) is 0 Å². The molecule has 0 fully saturated rings. The summed E-state index contributed by atoms with van der Waals surface area (Å²) in [6.07, 6.45) is 1.15. The Labute approximate surface area is 140 Å². The van der Waals surface area contributed by atoms with Gasteiger partial charge < -0.3 is 0 Å². The molecule has 0 bridgehead atoms. The molecule has 1 heterocycles. The normalized spacial score (nSPS) is 11.0. The van der Waals surface area contributed by atoms with Gasteiger partial charge in [0.25, 0.3) is 0 Å². The molecule has 3 aromatic rings. The molecule has 0 unspecified atom stereocenters. The van der Waals surface area contributed by atoms with Crippen molar-refractivity contribution in [3.63, 3.8) is 0 Å².